The molecule has 2 aromatic rings. The number of aromatic hydroxyl groups is 1. The number of nitrogens with one attached hydrogen (secondary N) is 2. The minimum Gasteiger partial charge on any atom is -0.508 e. The van der Waals surface area contributed by atoms with Gasteiger partial charge in [-0.2, -0.15) is 0 Å². The van der Waals surface area contributed by atoms with Crippen molar-refractivity contribution in [1.29, 1.82) is 0 Å². The van der Waals surface area contributed by atoms with Gasteiger partial charge in [-0.05, 0) is 92.5 Å². The van der Waals surface area contributed by atoms with E-state index in [1.54, 1.807) is 62.3 Å². The first-order valence-electron chi connectivity index (χ1n) is 14.4. The minimum atomic E-state index is -1.24. The quantitative estimate of drug-likeness (QED) is 0.345. The van der Waals surface area contributed by atoms with Crippen LogP contribution in [0.4, 0.5) is 4.79 Å². The Morgan fingerprint density at radius 1 is 0.791 bits per heavy atom. The van der Waals surface area contributed by atoms with E-state index >= 15 is 0 Å². The van der Waals surface area contributed by atoms with Crippen molar-refractivity contribution in [1.82, 2.24) is 15.5 Å². The third kappa shape index (κ3) is 11.3. The Morgan fingerprint density at radius 2 is 1.33 bits per heavy atom. The summed E-state index contributed by atoms with van der Waals surface area (Å²) in [5, 5.41) is 15.4. The Balaban J connectivity index is 2.55. The van der Waals surface area contributed by atoms with Crippen LogP contribution in [0.2, 0.25) is 0 Å². The molecule has 3 atom stereocenters. The molecule has 3 N–H and O–H groups in total. The van der Waals surface area contributed by atoms with Gasteiger partial charge in [0.2, 0.25) is 11.8 Å². The van der Waals surface area contributed by atoms with Gasteiger partial charge in [0.15, 0.2) is 0 Å². The van der Waals surface area contributed by atoms with Crippen molar-refractivity contribution in [3.05, 3.63) is 65.7 Å². The summed E-state index contributed by atoms with van der Waals surface area (Å²) in [6.45, 7) is 17.2. The van der Waals surface area contributed by atoms with Gasteiger partial charge in [0.25, 0.3) is 0 Å². The number of carbonyl (C=O) groups excluding carboxylic acids is 4. The number of nitrogens with zero attached hydrogens (tertiary/aromatic N) is 1. The lowest BCUT2D eigenvalue weighted by Crippen LogP contribution is -2.59. The van der Waals surface area contributed by atoms with Crippen LogP contribution in [0.5, 0.6) is 5.75 Å². The first-order valence-corrected chi connectivity index (χ1v) is 14.4. The van der Waals surface area contributed by atoms with Gasteiger partial charge in [-0.1, -0.05) is 42.5 Å². The Kier molecular flexibility index (Phi) is 11.4. The third-order valence-electron chi connectivity index (χ3n) is 6.07. The highest BCUT2D eigenvalue weighted by molar-refractivity contribution is 5.94. The SMILES string of the molecule is CC(NC(=O)OC(C)(C)C)C(=O)N(C(C(=O)NC(Cc1ccccc1)C(=O)OC(C)(C)C)c1ccc(O)cc1)C(C)(C)C. The summed E-state index contributed by atoms with van der Waals surface area (Å²) in [5.74, 6) is -1.83. The predicted octanol–water partition coefficient (Wildman–Crippen LogP) is 5.04. The lowest BCUT2D eigenvalue weighted by Gasteiger charge is -2.43. The van der Waals surface area contributed by atoms with Crippen LogP contribution >= 0.6 is 0 Å². The summed E-state index contributed by atoms with van der Waals surface area (Å²) in [6.07, 6.45) is -0.621. The van der Waals surface area contributed by atoms with Crippen LogP contribution in [0.25, 0.3) is 0 Å². The van der Waals surface area contributed by atoms with Crippen LogP contribution in [0.15, 0.2) is 54.6 Å². The average molecular weight is 598 g/mol. The maximum absolute atomic E-state index is 14.2. The second-order valence-electron chi connectivity index (χ2n) is 13.5. The van der Waals surface area contributed by atoms with Gasteiger partial charge >= 0.3 is 12.1 Å². The number of benzene rings is 2. The van der Waals surface area contributed by atoms with E-state index in [0.717, 1.165) is 5.56 Å². The van der Waals surface area contributed by atoms with E-state index < -0.39 is 58.7 Å². The zero-order chi connectivity index (χ0) is 32.8. The molecule has 0 aliphatic heterocycles. The Labute approximate surface area is 255 Å². The molecule has 0 saturated heterocycles. The summed E-state index contributed by atoms with van der Waals surface area (Å²) < 4.78 is 11.0. The molecule has 3 amide bonds. The molecule has 0 aliphatic carbocycles. The van der Waals surface area contributed by atoms with E-state index in [2.05, 4.69) is 10.6 Å². The monoisotopic (exact) mass is 597 g/mol. The number of alkyl carbamates (subject to hydrolysis) is 1. The van der Waals surface area contributed by atoms with Gasteiger partial charge in [0, 0.05) is 12.0 Å². The Bertz CT molecular complexity index is 1260. The van der Waals surface area contributed by atoms with Crippen molar-refractivity contribution < 1.29 is 33.8 Å². The molecule has 0 bridgehead atoms. The van der Waals surface area contributed by atoms with Crippen LogP contribution in [0.3, 0.4) is 0 Å². The molecule has 43 heavy (non-hydrogen) atoms. The van der Waals surface area contributed by atoms with Crippen LogP contribution in [0.1, 0.15) is 86.4 Å². The van der Waals surface area contributed by atoms with Gasteiger partial charge in [-0.3, -0.25) is 9.59 Å². The molecule has 10 nitrogen and oxygen atoms in total. The van der Waals surface area contributed by atoms with Crippen LogP contribution in [0, 0.1) is 0 Å². The fraction of sp³-hybridized carbons (Fsp3) is 0.515. The molecule has 3 unspecified atom stereocenters. The van der Waals surface area contributed by atoms with E-state index in [1.165, 1.54) is 36.1 Å². The molecule has 2 aromatic carbocycles. The van der Waals surface area contributed by atoms with Gasteiger partial charge in [-0.25, -0.2) is 9.59 Å². The number of hydrogen-bond donors (Lipinski definition) is 3. The number of phenols is 1. The average Bonchev–Trinajstić information content (AvgIpc) is 2.84. The zero-order valence-electron chi connectivity index (χ0n) is 27.0. The highest BCUT2D eigenvalue weighted by Crippen LogP contribution is 2.31. The number of ether oxygens (including phenoxy) is 2. The molecule has 2 rings (SSSR count). The number of rotatable bonds is 9. The largest absolute Gasteiger partial charge is 0.508 e. The van der Waals surface area contributed by atoms with Crippen LogP contribution < -0.4 is 10.6 Å². The fourth-order valence-corrected chi connectivity index (χ4v) is 4.34. The topological polar surface area (TPSA) is 134 Å². The number of esters is 1. The van der Waals surface area contributed by atoms with Crippen molar-refractivity contribution >= 4 is 23.9 Å². The molecular weight excluding hydrogens is 550 g/mol. The van der Waals surface area contributed by atoms with Gasteiger partial charge in [-0.15, -0.1) is 0 Å². The van der Waals surface area contributed by atoms with Gasteiger partial charge in [0.1, 0.15) is 35.1 Å². The van der Waals surface area contributed by atoms with Crippen molar-refractivity contribution in [2.45, 2.75) is 111 Å². The first kappa shape index (κ1) is 35.1. The normalized spacial score (nSPS) is 14.1. The molecule has 0 saturated carbocycles. The third-order valence-corrected chi connectivity index (χ3v) is 6.07. The van der Waals surface area contributed by atoms with Crippen molar-refractivity contribution in [2.75, 3.05) is 0 Å². The maximum Gasteiger partial charge on any atom is 0.408 e. The molecule has 10 heteroatoms. The molecule has 0 spiro atoms. The van der Waals surface area contributed by atoms with Gasteiger partial charge in [0.05, 0.1) is 0 Å². The number of hydrogen-bond acceptors (Lipinski definition) is 7. The second kappa shape index (κ2) is 13.9. The van der Waals surface area contributed by atoms with Crippen LogP contribution in [-0.4, -0.2) is 62.7 Å². The molecular formula is C33H47N3O7. The standard InChI is InChI=1S/C33H47N3O7/c1-21(34-30(41)43-33(8,9)10)28(39)36(31(2,3)4)26(23-16-18-24(37)19-17-23)27(38)35-25(29(40)42-32(5,6)7)20-22-14-12-11-13-15-22/h11-19,21,25-26,37H,20H2,1-10H3,(H,34,41)(H,35,38). The number of phenolic OH excluding ortho intramolecular Hbond substituents is 1. The number of amides is 3. The lowest BCUT2D eigenvalue weighted by molar-refractivity contribution is -0.159. The minimum absolute atomic E-state index is 0.0211. The van der Waals surface area contributed by atoms with E-state index in [4.69, 9.17) is 9.47 Å². The van der Waals surface area contributed by atoms with E-state index in [0.29, 0.717) is 5.56 Å². The summed E-state index contributed by atoms with van der Waals surface area (Å²) in [6, 6.07) is 11.7. The lowest BCUT2D eigenvalue weighted by atomic mass is 9.95. The highest BCUT2D eigenvalue weighted by Gasteiger charge is 2.42. The van der Waals surface area contributed by atoms with Crippen LogP contribution in [-0.2, 0) is 30.3 Å². The fourth-order valence-electron chi connectivity index (χ4n) is 4.34. The van der Waals surface area contributed by atoms with E-state index in [9.17, 15) is 24.3 Å². The number of carbonyl (C=O) groups is 4. The zero-order valence-corrected chi connectivity index (χ0v) is 27.0. The predicted molar refractivity (Wildman–Crippen MR) is 164 cm³/mol. The van der Waals surface area contributed by atoms with Crippen molar-refractivity contribution in [3.8, 4) is 5.75 Å². The summed E-state index contributed by atoms with van der Waals surface area (Å²) in [5.41, 5.74) is -1.31. The van der Waals surface area contributed by atoms with Gasteiger partial charge < -0.3 is 30.1 Å². The second-order valence-corrected chi connectivity index (χ2v) is 13.5. The molecule has 0 aromatic heterocycles. The van der Waals surface area contributed by atoms with E-state index in [-0.39, 0.29) is 12.2 Å². The van der Waals surface area contributed by atoms with E-state index in [1.807, 2.05) is 30.3 Å². The molecule has 0 radical (unpaired) electrons. The molecule has 0 aliphatic rings. The summed E-state index contributed by atoms with van der Waals surface area (Å²) >= 11 is 0. The first-order chi connectivity index (χ1) is 19.7. The molecule has 0 heterocycles. The Morgan fingerprint density at radius 3 is 1.81 bits per heavy atom. The summed E-state index contributed by atoms with van der Waals surface area (Å²) in [4.78, 5) is 55.5. The maximum atomic E-state index is 14.2. The van der Waals surface area contributed by atoms with Crippen molar-refractivity contribution in [2.24, 2.45) is 0 Å². The summed E-state index contributed by atoms with van der Waals surface area (Å²) in [7, 11) is 0. The Hall–Kier alpha value is -4.08. The molecule has 236 valence electrons. The van der Waals surface area contributed by atoms with Crippen molar-refractivity contribution in [3.63, 3.8) is 0 Å². The molecule has 0 fully saturated rings. The smallest absolute Gasteiger partial charge is 0.408 e. The highest BCUT2D eigenvalue weighted by atomic mass is 16.6.